The number of carbonyl (C=O) groups is 1. The highest BCUT2D eigenvalue weighted by Gasteiger charge is 2.12. The molecule has 6 nitrogen and oxygen atoms in total. The van der Waals surface area contributed by atoms with Crippen molar-refractivity contribution in [3.05, 3.63) is 34.1 Å². The molecule has 0 saturated carbocycles. The maximum Gasteiger partial charge on any atom is 0.293 e. The van der Waals surface area contributed by atoms with E-state index in [0.29, 0.717) is 15.7 Å². The van der Waals surface area contributed by atoms with Crippen molar-refractivity contribution < 1.29 is 4.79 Å². The van der Waals surface area contributed by atoms with Crippen LogP contribution in [0.5, 0.6) is 0 Å². The monoisotopic (exact) mass is 271 g/mol. The average Bonchev–Trinajstić information content (AvgIpc) is 2.70. The Morgan fingerprint density at radius 2 is 2.18 bits per heavy atom. The van der Waals surface area contributed by atoms with Gasteiger partial charge in [0.1, 0.15) is 0 Å². The molecule has 4 N–H and O–H groups in total. The number of hydrogen-bond donors (Lipinski definition) is 3. The van der Waals surface area contributed by atoms with Crippen LogP contribution >= 0.6 is 23.2 Å². The number of carbonyl (C=O) groups excluding carboxylic acids is 1. The Morgan fingerprint density at radius 1 is 1.41 bits per heavy atom. The van der Waals surface area contributed by atoms with Crippen molar-refractivity contribution >= 4 is 40.7 Å². The van der Waals surface area contributed by atoms with Crippen molar-refractivity contribution in [3.8, 4) is 0 Å². The number of amides is 1. The molecule has 2 rings (SSSR count). The van der Waals surface area contributed by atoms with Crippen molar-refractivity contribution in [2.24, 2.45) is 0 Å². The van der Waals surface area contributed by atoms with Gasteiger partial charge >= 0.3 is 0 Å². The van der Waals surface area contributed by atoms with E-state index < -0.39 is 5.91 Å². The van der Waals surface area contributed by atoms with Gasteiger partial charge in [0.2, 0.25) is 11.8 Å². The number of nitrogens with two attached hydrogens (primary N) is 1. The fourth-order valence-corrected chi connectivity index (χ4v) is 1.49. The first-order chi connectivity index (χ1) is 8.06. The third-order valence-corrected chi connectivity index (χ3v) is 2.46. The van der Waals surface area contributed by atoms with Gasteiger partial charge in [-0.3, -0.25) is 9.89 Å². The minimum absolute atomic E-state index is 0.00135. The van der Waals surface area contributed by atoms with Crippen molar-refractivity contribution in [3.63, 3.8) is 0 Å². The molecular weight excluding hydrogens is 265 g/mol. The lowest BCUT2D eigenvalue weighted by molar-refractivity contribution is 0.101. The molecule has 0 aliphatic rings. The van der Waals surface area contributed by atoms with Crippen LogP contribution in [-0.2, 0) is 0 Å². The van der Waals surface area contributed by atoms with Crippen LogP contribution in [0, 0.1) is 0 Å². The molecule has 88 valence electrons. The highest BCUT2D eigenvalue weighted by Crippen LogP contribution is 2.25. The summed E-state index contributed by atoms with van der Waals surface area (Å²) in [6.45, 7) is 0. The van der Waals surface area contributed by atoms with E-state index in [1.807, 2.05) is 0 Å². The van der Waals surface area contributed by atoms with E-state index in [2.05, 4.69) is 20.5 Å². The van der Waals surface area contributed by atoms with Gasteiger partial charge in [0, 0.05) is 5.02 Å². The Morgan fingerprint density at radius 3 is 2.82 bits per heavy atom. The molecule has 0 bridgehead atoms. The normalized spacial score (nSPS) is 10.2. The summed E-state index contributed by atoms with van der Waals surface area (Å²) < 4.78 is 0. The fourth-order valence-electron chi connectivity index (χ4n) is 1.15. The van der Waals surface area contributed by atoms with Crippen LogP contribution in [0.2, 0.25) is 10.0 Å². The van der Waals surface area contributed by atoms with Crippen molar-refractivity contribution in [2.45, 2.75) is 0 Å². The number of nitrogen functional groups attached to an aromatic ring is 1. The molecule has 0 atom stereocenters. The Kier molecular flexibility index (Phi) is 3.16. The number of aromatic amines is 1. The van der Waals surface area contributed by atoms with E-state index in [1.165, 1.54) is 6.07 Å². The smallest absolute Gasteiger partial charge is 0.293 e. The molecule has 0 unspecified atom stereocenters. The molecule has 2 aromatic rings. The maximum absolute atomic E-state index is 11.7. The predicted octanol–water partition coefficient (Wildman–Crippen LogP) is 1.95. The number of benzene rings is 1. The molecule has 8 heteroatoms. The van der Waals surface area contributed by atoms with Gasteiger partial charge < -0.3 is 11.1 Å². The second-order valence-corrected chi connectivity index (χ2v) is 3.96. The highest BCUT2D eigenvalue weighted by molar-refractivity contribution is 6.35. The summed E-state index contributed by atoms with van der Waals surface area (Å²) in [4.78, 5) is 15.4. The van der Waals surface area contributed by atoms with Gasteiger partial charge in [0.15, 0.2) is 0 Å². The van der Waals surface area contributed by atoms with E-state index in [0.717, 1.165) is 0 Å². The van der Waals surface area contributed by atoms with E-state index in [9.17, 15) is 4.79 Å². The molecule has 1 heterocycles. The summed E-state index contributed by atoms with van der Waals surface area (Å²) in [5.41, 5.74) is 5.67. The van der Waals surface area contributed by atoms with Crippen LogP contribution in [-0.4, -0.2) is 21.1 Å². The summed E-state index contributed by atoms with van der Waals surface area (Å²) in [5.74, 6) is -0.510. The number of nitrogens with one attached hydrogen (secondary N) is 2. The first-order valence-corrected chi connectivity index (χ1v) is 5.26. The molecule has 0 fully saturated rings. The Hall–Kier alpha value is -1.79. The van der Waals surface area contributed by atoms with Crippen LogP contribution in [0.25, 0.3) is 0 Å². The van der Waals surface area contributed by atoms with Gasteiger partial charge in [-0.15, -0.1) is 5.10 Å². The summed E-state index contributed by atoms with van der Waals surface area (Å²) in [7, 11) is 0. The zero-order chi connectivity index (χ0) is 12.4. The van der Waals surface area contributed by atoms with Gasteiger partial charge in [-0.05, 0) is 18.2 Å². The third kappa shape index (κ3) is 2.66. The lowest BCUT2D eigenvalue weighted by Gasteiger charge is -2.05. The number of nitrogens with zero attached hydrogens (tertiary/aromatic N) is 2. The van der Waals surface area contributed by atoms with Crippen molar-refractivity contribution in [1.82, 2.24) is 15.2 Å². The van der Waals surface area contributed by atoms with Gasteiger partial charge in [0.05, 0.1) is 10.7 Å². The molecule has 1 aromatic carbocycles. The molecule has 0 spiro atoms. The van der Waals surface area contributed by atoms with Gasteiger partial charge in [-0.1, -0.05) is 23.2 Å². The maximum atomic E-state index is 11.7. The quantitative estimate of drug-likeness (QED) is 0.778. The summed E-state index contributed by atoms with van der Waals surface area (Å²) in [6.07, 6.45) is 0. The number of anilines is 2. The summed E-state index contributed by atoms with van der Waals surface area (Å²) >= 11 is 11.7. The highest BCUT2D eigenvalue weighted by atomic mass is 35.5. The molecule has 0 saturated heterocycles. The van der Waals surface area contributed by atoms with E-state index in [-0.39, 0.29) is 11.8 Å². The molecule has 17 heavy (non-hydrogen) atoms. The van der Waals surface area contributed by atoms with E-state index in [1.54, 1.807) is 12.1 Å². The molecule has 1 amide bonds. The minimum Gasteiger partial charge on any atom is -0.366 e. The van der Waals surface area contributed by atoms with E-state index >= 15 is 0 Å². The number of rotatable bonds is 2. The second kappa shape index (κ2) is 4.60. The Labute approximate surface area is 106 Å². The van der Waals surface area contributed by atoms with Crippen LogP contribution in [0.3, 0.4) is 0 Å². The van der Waals surface area contributed by atoms with Crippen molar-refractivity contribution in [1.29, 1.82) is 0 Å². The second-order valence-electron chi connectivity index (χ2n) is 3.12. The third-order valence-electron chi connectivity index (χ3n) is 1.89. The molecule has 0 aliphatic carbocycles. The number of H-pyrrole nitrogens is 1. The number of aromatic nitrogens is 3. The topological polar surface area (TPSA) is 96.7 Å². The van der Waals surface area contributed by atoms with Gasteiger partial charge in [0.25, 0.3) is 5.91 Å². The zero-order valence-electron chi connectivity index (χ0n) is 8.37. The first kappa shape index (κ1) is 11.7. The Bertz CT molecular complexity index is 568. The van der Waals surface area contributed by atoms with Crippen molar-refractivity contribution in [2.75, 3.05) is 11.1 Å². The number of halogens is 2. The van der Waals surface area contributed by atoms with Crippen LogP contribution < -0.4 is 11.1 Å². The van der Waals surface area contributed by atoms with Crippen LogP contribution in [0.4, 0.5) is 11.6 Å². The van der Waals surface area contributed by atoms with Gasteiger partial charge in [-0.2, -0.15) is 4.98 Å². The molecular formula is C9H7Cl2N5O. The largest absolute Gasteiger partial charge is 0.366 e. The fraction of sp³-hybridized carbons (Fsp3) is 0. The average molecular weight is 272 g/mol. The molecule has 0 radical (unpaired) electrons. The minimum atomic E-state index is -0.502. The number of hydrogen-bond acceptors (Lipinski definition) is 4. The lowest BCUT2D eigenvalue weighted by atomic mass is 10.3. The SMILES string of the molecule is Nc1n[nH]c(C(=O)Nc2cc(Cl)ccc2Cl)n1. The van der Waals surface area contributed by atoms with Crippen LogP contribution in [0.1, 0.15) is 10.6 Å². The Balaban J connectivity index is 2.21. The van der Waals surface area contributed by atoms with Gasteiger partial charge in [-0.25, -0.2) is 0 Å². The first-order valence-electron chi connectivity index (χ1n) is 4.50. The molecule has 1 aromatic heterocycles. The summed E-state index contributed by atoms with van der Waals surface area (Å²) in [6, 6.07) is 4.72. The van der Waals surface area contributed by atoms with E-state index in [4.69, 9.17) is 28.9 Å². The standard InChI is InChI=1S/C9H7Cl2N5O/c10-4-1-2-5(11)6(3-4)13-8(17)7-14-9(12)16-15-7/h1-3H,(H,13,17)(H3,12,14,15,16). The lowest BCUT2D eigenvalue weighted by Crippen LogP contribution is -2.14. The summed E-state index contributed by atoms with van der Waals surface area (Å²) in [5, 5.41) is 9.29. The predicted molar refractivity (Wildman–Crippen MR) is 65.2 cm³/mol. The molecule has 0 aliphatic heterocycles. The van der Waals surface area contributed by atoms with Crippen LogP contribution in [0.15, 0.2) is 18.2 Å². The zero-order valence-corrected chi connectivity index (χ0v) is 9.88.